The summed E-state index contributed by atoms with van der Waals surface area (Å²) in [5.74, 6) is -0.203. The van der Waals surface area contributed by atoms with E-state index in [1.54, 1.807) is 6.92 Å². The minimum atomic E-state index is -0.945. The second-order valence-electron chi connectivity index (χ2n) is 6.83. The molecule has 3 aromatic carbocycles. The van der Waals surface area contributed by atoms with Crippen LogP contribution in [0.1, 0.15) is 18.1 Å². The normalized spacial score (nSPS) is 12.0. The number of ether oxygens (including phenoxy) is 2. The Morgan fingerprint density at radius 3 is 2.23 bits per heavy atom. The SMILES string of the molecule is CCO[C@H](Cc1ccc(OC/C=C/c2ccc(-c3ccccc3)cc2)cc1)C(=O)O. The maximum atomic E-state index is 11.2. The van der Waals surface area contributed by atoms with Crippen molar-refractivity contribution >= 4 is 12.0 Å². The predicted octanol–water partition coefficient (Wildman–Crippen LogP) is 5.48. The van der Waals surface area contributed by atoms with Gasteiger partial charge in [0.1, 0.15) is 12.4 Å². The lowest BCUT2D eigenvalue weighted by atomic mass is 10.0. The van der Waals surface area contributed by atoms with Gasteiger partial charge < -0.3 is 14.6 Å². The summed E-state index contributed by atoms with van der Waals surface area (Å²) in [5, 5.41) is 9.17. The molecule has 0 spiro atoms. The topological polar surface area (TPSA) is 55.8 Å². The van der Waals surface area contributed by atoms with Crippen molar-refractivity contribution in [3.63, 3.8) is 0 Å². The third kappa shape index (κ3) is 6.33. The Morgan fingerprint density at radius 1 is 0.933 bits per heavy atom. The van der Waals surface area contributed by atoms with Crippen LogP contribution in [0.3, 0.4) is 0 Å². The third-order valence-corrected chi connectivity index (χ3v) is 4.66. The molecule has 0 aromatic heterocycles. The van der Waals surface area contributed by atoms with Crippen molar-refractivity contribution in [3.05, 3.63) is 96.1 Å². The Hall–Kier alpha value is -3.37. The van der Waals surface area contributed by atoms with Gasteiger partial charge in [0.25, 0.3) is 0 Å². The molecule has 0 radical (unpaired) electrons. The van der Waals surface area contributed by atoms with E-state index in [9.17, 15) is 9.90 Å². The fraction of sp³-hybridized carbons (Fsp3) is 0.192. The highest BCUT2D eigenvalue weighted by molar-refractivity contribution is 5.72. The van der Waals surface area contributed by atoms with Crippen molar-refractivity contribution in [2.75, 3.05) is 13.2 Å². The van der Waals surface area contributed by atoms with Crippen molar-refractivity contribution in [2.45, 2.75) is 19.4 Å². The quantitative estimate of drug-likeness (QED) is 0.488. The van der Waals surface area contributed by atoms with E-state index in [0.29, 0.717) is 19.6 Å². The number of benzene rings is 3. The molecule has 0 aliphatic heterocycles. The van der Waals surface area contributed by atoms with Crippen molar-refractivity contribution in [1.29, 1.82) is 0 Å². The number of hydrogen-bond donors (Lipinski definition) is 1. The molecule has 0 saturated heterocycles. The van der Waals surface area contributed by atoms with E-state index in [1.165, 1.54) is 11.1 Å². The highest BCUT2D eigenvalue weighted by atomic mass is 16.5. The molecular weight excluding hydrogens is 376 g/mol. The Balaban J connectivity index is 1.49. The standard InChI is InChI=1S/C26H26O4/c1-2-29-25(26(27)28)19-21-12-16-24(17-13-21)30-18-6-7-20-10-14-23(15-11-20)22-8-4-3-5-9-22/h3-17,25H,2,18-19H2,1H3,(H,27,28)/b7-6+/t25-/m1/s1. The zero-order valence-electron chi connectivity index (χ0n) is 17.0. The summed E-state index contributed by atoms with van der Waals surface area (Å²) >= 11 is 0. The molecular formula is C26H26O4. The molecule has 3 rings (SSSR count). The highest BCUT2D eigenvalue weighted by Gasteiger charge is 2.17. The molecule has 1 atom stereocenters. The number of rotatable bonds is 10. The molecule has 1 N–H and O–H groups in total. The van der Waals surface area contributed by atoms with Crippen LogP contribution in [0.25, 0.3) is 17.2 Å². The smallest absolute Gasteiger partial charge is 0.333 e. The van der Waals surface area contributed by atoms with E-state index in [4.69, 9.17) is 9.47 Å². The zero-order chi connectivity index (χ0) is 21.2. The monoisotopic (exact) mass is 402 g/mol. The number of carboxylic acids is 1. The summed E-state index contributed by atoms with van der Waals surface area (Å²) in [4.78, 5) is 11.2. The molecule has 0 bridgehead atoms. The first-order chi connectivity index (χ1) is 14.7. The third-order valence-electron chi connectivity index (χ3n) is 4.66. The first kappa shape index (κ1) is 21.3. The van der Waals surface area contributed by atoms with Crippen LogP contribution < -0.4 is 4.74 Å². The zero-order valence-corrected chi connectivity index (χ0v) is 17.0. The van der Waals surface area contributed by atoms with Gasteiger partial charge in [-0.3, -0.25) is 0 Å². The van der Waals surface area contributed by atoms with Crippen LogP contribution in [0, 0.1) is 0 Å². The van der Waals surface area contributed by atoms with Gasteiger partial charge in [-0.2, -0.15) is 0 Å². The van der Waals surface area contributed by atoms with Crippen molar-refractivity contribution < 1.29 is 19.4 Å². The van der Waals surface area contributed by atoms with Crippen molar-refractivity contribution in [3.8, 4) is 16.9 Å². The molecule has 0 heterocycles. The predicted molar refractivity (Wildman–Crippen MR) is 120 cm³/mol. The van der Waals surface area contributed by atoms with E-state index < -0.39 is 12.1 Å². The Bertz CT molecular complexity index is 945. The lowest BCUT2D eigenvalue weighted by Crippen LogP contribution is -2.26. The van der Waals surface area contributed by atoms with Crippen LogP contribution in [0.15, 0.2) is 84.9 Å². The summed E-state index contributed by atoms with van der Waals surface area (Å²) < 4.78 is 11.0. The molecule has 30 heavy (non-hydrogen) atoms. The van der Waals surface area contributed by atoms with Crippen LogP contribution in [-0.4, -0.2) is 30.4 Å². The fourth-order valence-corrected chi connectivity index (χ4v) is 3.10. The molecule has 154 valence electrons. The maximum absolute atomic E-state index is 11.2. The first-order valence-electron chi connectivity index (χ1n) is 10.0. The van der Waals surface area contributed by atoms with Crippen LogP contribution >= 0.6 is 0 Å². The van der Waals surface area contributed by atoms with Crippen LogP contribution in [0.4, 0.5) is 0 Å². The second kappa shape index (κ2) is 11.0. The van der Waals surface area contributed by atoms with Gasteiger partial charge in [-0.25, -0.2) is 4.79 Å². The summed E-state index contributed by atoms with van der Waals surface area (Å²) in [5.41, 5.74) is 4.41. The summed E-state index contributed by atoms with van der Waals surface area (Å²) in [6.07, 6.45) is 3.52. The molecule has 0 fully saturated rings. The molecule has 0 unspecified atom stereocenters. The van der Waals surface area contributed by atoms with E-state index in [1.807, 2.05) is 54.6 Å². The summed E-state index contributed by atoms with van der Waals surface area (Å²) in [7, 11) is 0. The largest absolute Gasteiger partial charge is 0.490 e. The Morgan fingerprint density at radius 2 is 1.60 bits per heavy atom. The second-order valence-corrected chi connectivity index (χ2v) is 6.83. The number of hydrogen-bond acceptors (Lipinski definition) is 3. The Kier molecular flexibility index (Phi) is 7.81. The van der Waals surface area contributed by atoms with Crippen molar-refractivity contribution in [2.24, 2.45) is 0 Å². The molecule has 4 nitrogen and oxygen atoms in total. The van der Waals surface area contributed by atoms with Gasteiger partial charge >= 0.3 is 5.97 Å². The van der Waals surface area contributed by atoms with E-state index in [2.05, 4.69) is 36.4 Å². The van der Waals surface area contributed by atoms with Gasteiger partial charge in [0.2, 0.25) is 0 Å². The molecule has 0 amide bonds. The molecule has 3 aromatic rings. The van der Waals surface area contributed by atoms with Crippen LogP contribution in [0.5, 0.6) is 5.75 Å². The minimum Gasteiger partial charge on any atom is -0.490 e. The lowest BCUT2D eigenvalue weighted by molar-refractivity contribution is -0.149. The van der Waals surface area contributed by atoms with Gasteiger partial charge in [-0.05, 0) is 47.4 Å². The molecule has 0 aliphatic carbocycles. The van der Waals surface area contributed by atoms with E-state index >= 15 is 0 Å². The van der Waals surface area contributed by atoms with Gasteiger partial charge in [-0.1, -0.05) is 72.8 Å². The number of carboxylic acid groups (broad SMARTS) is 1. The summed E-state index contributed by atoms with van der Waals surface area (Å²) in [6.45, 7) is 2.62. The lowest BCUT2D eigenvalue weighted by Gasteiger charge is -2.12. The van der Waals surface area contributed by atoms with Gasteiger partial charge in [0.15, 0.2) is 6.10 Å². The average molecular weight is 402 g/mol. The van der Waals surface area contributed by atoms with E-state index in [0.717, 1.165) is 16.9 Å². The summed E-state index contributed by atoms with van der Waals surface area (Å²) in [6, 6.07) is 26.1. The average Bonchev–Trinajstić information content (AvgIpc) is 2.78. The van der Waals surface area contributed by atoms with Gasteiger partial charge in [0.05, 0.1) is 0 Å². The minimum absolute atomic E-state index is 0.336. The molecule has 0 aliphatic rings. The Labute approximate surface area is 177 Å². The molecule has 0 saturated carbocycles. The maximum Gasteiger partial charge on any atom is 0.333 e. The van der Waals surface area contributed by atoms with Gasteiger partial charge in [0, 0.05) is 13.0 Å². The molecule has 4 heteroatoms. The first-order valence-corrected chi connectivity index (χ1v) is 10.0. The van der Waals surface area contributed by atoms with Crippen molar-refractivity contribution in [1.82, 2.24) is 0 Å². The van der Waals surface area contributed by atoms with Crippen LogP contribution in [-0.2, 0) is 16.0 Å². The number of carbonyl (C=O) groups is 1. The van der Waals surface area contributed by atoms with E-state index in [-0.39, 0.29) is 0 Å². The highest BCUT2D eigenvalue weighted by Crippen LogP contribution is 2.20. The fourth-order valence-electron chi connectivity index (χ4n) is 3.10. The van der Waals surface area contributed by atoms with Gasteiger partial charge in [-0.15, -0.1) is 0 Å². The van der Waals surface area contributed by atoms with Crippen LogP contribution in [0.2, 0.25) is 0 Å². The number of aliphatic carboxylic acids is 1.